The van der Waals surface area contributed by atoms with E-state index < -0.39 is 23.5 Å². The maximum atomic E-state index is 13.6. The van der Waals surface area contributed by atoms with Crippen molar-refractivity contribution in [1.29, 1.82) is 0 Å². The molecule has 4 aromatic rings. The number of amides is 1. The number of aliphatic hydroxyl groups is 1. The van der Waals surface area contributed by atoms with E-state index in [-0.39, 0.29) is 17.1 Å². The van der Waals surface area contributed by atoms with Crippen LogP contribution in [0.2, 0.25) is 5.02 Å². The van der Waals surface area contributed by atoms with Gasteiger partial charge in [0.1, 0.15) is 11.3 Å². The second-order valence-electron chi connectivity index (χ2n) is 7.90. The van der Waals surface area contributed by atoms with Gasteiger partial charge in [0.15, 0.2) is 11.5 Å². The molecule has 0 bridgehead atoms. The molecular formula is C26H18ClNO5. The molecule has 5 rings (SSSR count). The smallest absolute Gasteiger partial charge is 0.294 e. The number of nitrogens with zero attached hydrogens (tertiary/aromatic N) is 1. The number of hydrogen-bond acceptors (Lipinski definition) is 5. The number of furan rings is 1. The molecule has 1 amide bonds. The standard InChI is InChI=1S/C26H18ClNO5/c1-14-4-2-6-18(10-14)28-23(15-5-3-7-19(29)12-15)22(25(31)26(28)32)24(30)21-13-16-11-17(27)8-9-20(16)33-21/h2-13,23,29,31H,1H3. The average molecular weight is 460 g/mol. The summed E-state index contributed by atoms with van der Waals surface area (Å²) in [5.41, 5.74) is 2.22. The van der Waals surface area contributed by atoms with Gasteiger partial charge in [-0.25, -0.2) is 0 Å². The Morgan fingerprint density at radius 2 is 1.79 bits per heavy atom. The minimum atomic E-state index is -0.962. The van der Waals surface area contributed by atoms with Gasteiger partial charge in [0, 0.05) is 16.1 Å². The van der Waals surface area contributed by atoms with Gasteiger partial charge in [-0.05, 0) is 66.6 Å². The van der Waals surface area contributed by atoms with Crippen LogP contribution in [0.4, 0.5) is 5.69 Å². The van der Waals surface area contributed by atoms with Crippen LogP contribution in [0.3, 0.4) is 0 Å². The summed E-state index contributed by atoms with van der Waals surface area (Å²) < 4.78 is 5.72. The summed E-state index contributed by atoms with van der Waals surface area (Å²) in [6.07, 6.45) is 0. The highest BCUT2D eigenvalue weighted by Gasteiger charge is 2.45. The zero-order chi connectivity index (χ0) is 23.3. The fourth-order valence-electron chi connectivity index (χ4n) is 4.15. The highest BCUT2D eigenvalue weighted by Crippen LogP contribution is 2.43. The summed E-state index contributed by atoms with van der Waals surface area (Å²) in [5.74, 6) is -2.06. The summed E-state index contributed by atoms with van der Waals surface area (Å²) >= 11 is 6.04. The van der Waals surface area contributed by atoms with Crippen LogP contribution in [-0.2, 0) is 4.79 Å². The minimum Gasteiger partial charge on any atom is -0.508 e. The number of phenols is 1. The Morgan fingerprint density at radius 3 is 2.55 bits per heavy atom. The highest BCUT2D eigenvalue weighted by molar-refractivity contribution is 6.31. The molecular weight excluding hydrogens is 442 g/mol. The van der Waals surface area contributed by atoms with Gasteiger partial charge in [-0.1, -0.05) is 35.9 Å². The zero-order valence-electron chi connectivity index (χ0n) is 17.4. The number of aromatic hydroxyl groups is 1. The Hall–Kier alpha value is -4.03. The predicted octanol–water partition coefficient (Wildman–Crippen LogP) is 5.88. The van der Waals surface area contributed by atoms with Gasteiger partial charge >= 0.3 is 0 Å². The number of rotatable bonds is 4. The molecule has 6 nitrogen and oxygen atoms in total. The van der Waals surface area contributed by atoms with Crippen molar-refractivity contribution in [3.8, 4) is 5.75 Å². The van der Waals surface area contributed by atoms with Crippen molar-refractivity contribution in [1.82, 2.24) is 0 Å². The molecule has 1 aliphatic heterocycles. The molecule has 3 aromatic carbocycles. The minimum absolute atomic E-state index is 0.0271. The molecule has 0 aliphatic carbocycles. The van der Waals surface area contributed by atoms with Gasteiger partial charge in [0.25, 0.3) is 5.91 Å². The van der Waals surface area contributed by atoms with E-state index in [1.165, 1.54) is 23.1 Å². The number of hydrogen-bond donors (Lipinski definition) is 2. The van der Waals surface area contributed by atoms with Crippen LogP contribution >= 0.6 is 11.6 Å². The number of phenolic OH excluding ortho intramolecular Hbond substituents is 1. The number of carbonyl (C=O) groups is 2. The highest BCUT2D eigenvalue weighted by atomic mass is 35.5. The number of carbonyl (C=O) groups excluding carboxylic acids is 2. The third kappa shape index (κ3) is 3.54. The summed E-state index contributed by atoms with van der Waals surface area (Å²) in [7, 11) is 0. The lowest BCUT2D eigenvalue weighted by Gasteiger charge is -2.27. The SMILES string of the molecule is Cc1cccc(N2C(=O)C(O)=C(C(=O)c3cc4cc(Cl)ccc4o3)C2c2cccc(O)c2)c1. The number of benzene rings is 3. The molecule has 1 unspecified atom stereocenters. The second kappa shape index (κ2) is 7.83. The first-order chi connectivity index (χ1) is 15.8. The van der Waals surface area contributed by atoms with Crippen molar-refractivity contribution in [3.05, 3.63) is 106 Å². The van der Waals surface area contributed by atoms with Crippen molar-refractivity contribution in [3.63, 3.8) is 0 Å². The summed E-state index contributed by atoms with van der Waals surface area (Å²) in [6.45, 7) is 1.88. The number of aryl methyl sites for hydroxylation is 1. The number of anilines is 1. The molecule has 0 spiro atoms. The third-order valence-corrected chi connectivity index (χ3v) is 5.86. The number of fused-ring (bicyclic) bond motifs is 1. The summed E-state index contributed by atoms with van der Waals surface area (Å²) in [4.78, 5) is 28.1. The number of aliphatic hydroxyl groups excluding tert-OH is 1. The number of halogens is 1. The first kappa shape index (κ1) is 20.8. The fraction of sp³-hybridized carbons (Fsp3) is 0.0769. The molecule has 0 fully saturated rings. The van der Waals surface area contributed by atoms with Gasteiger partial charge in [0.2, 0.25) is 5.78 Å². The summed E-state index contributed by atoms with van der Waals surface area (Å²) in [6, 6.07) is 19.0. The molecule has 164 valence electrons. The van der Waals surface area contributed by atoms with Crippen molar-refractivity contribution in [2.75, 3.05) is 4.90 Å². The predicted molar refractivity (Wildman–Crippen MR) is 125 cm³/mol. The summed E-state index contributed by atoms with van der Waals surface area (Å²) in [5, 5.41) is 22.0. The Kier molecular flexibility index (Phi) is 4.95. The van der Waals surface area contributed by atoms with E-state index in [1.807, 2.05) is 13.0 Å². The molecule has 33 heavy (non-hydrogen) atoms. The molecule has 1 aromatic heterocycles. The first-order valence-corrected chi connectivity index (χ1v) is 10.6. The van der Waals surface area contributed by atoms with Crippen molar-refractivity contribution in [2.24, 2.45) is 0 Å². The first-order valence-electron chi connectivity index (χ1n) is 10.2. The van der Waals surface area contributed by atoms with Crippen molar-refractivity contribution in [2.45, 2.75) is 13.0 Å². The molecule has 0 radical (unpaired) electrons. The Balaban J connectivity index is 1.67. The lowest BCUT2D eigenvalue weighted by Crippen LogP contribution is -2.31. The van der Waals surface area contributed by atoms with Crippen LogP contribution in [-0.4, -0.2) is 21.9 Å². The van der Waals surface area contributed by atoms with Gasteiger partial charge < -0.3 is 14.6 Å². The van der Waals surface area contributed by atoms with Gasteiger partial charge in [-0.15, -0.1) is 0 Å². The largest absolute Gasteiger partial charge is 0.508 e. The van der Waals surface area contributed by atoms with Crippen molar-refractivity contribution < 1.29 is 24.2 Å². The van der Waals surface area contributed by atoms with E-state index in [4.69, 9.17) is 16.0 Å². The average Bonchev–Trinajstić information content (AvgIpc) is 3.32. The van der Waals surface area contributed by atoms with Crippen LogP contribution in [0.1, 0.15) is 27.7 Å². The molecule has 0 saturated carbocycles. The molecule has 7 heteroatoms. The maximum absolute atomic E-state index is 13.6. The molecule has 2 N–H and O–H groups in total. The second-order valence-corrected chi connectivity index (χ2v) is 8.33. The van der Waals surface area contributed by atoms with Gasteiger partial charge in [-0.3, -0.25) is 14.5 Å². The quantitative estimate of drug-likeness (QED) is 0.372. The normalized spacial score (nSPS) is 16.1. The monoisotopic (exact) mass is 459 g/mol. The van der Waals surface area contributed by atoms with E-state index in [0.29, 0.717) is 27.2 Å². The van der Waals surface area contributed by atoms with Gasteiger partial charge in [-0.2, -0.15) is 0 Å². The Morgan fingerprint density at radius 1 is 1.00 bits per heavy atom. The molecule has 2 heterocycles. The van der Waals surface area contributed by atoms with E-state index in [1.54, 1.807) is 48.5 Å². The fourth-order valence-corrected chi connectivity index (χ4v) is 4.33. The van der Waals surface area contributed by atoms with Crippen LogP contribution in [0.5, 0.6) is 5.75 Å². The van der Waals surface area contributed by atoms with E-state index in [9.17, 15) is 19.8 Å². The Bertz CT molecular complexity index is 1470. The molecule has 1 atom stereocenters. The van der Waals surface area contributed by atoms with E-state index in [2.05, 4.69) is 0 Å². The van der Waals surface area contributed by atoms with Gasteiger partial charge in [0.05, 0.1) is 11.6 Å². The van der Waals surface area contributed by atoms with Crippen LogP contribution < -0.4 is 4.90 Å². The topological polar surface area (TPSA) is 91.0 Å². The maximum Gasteiger partial charge on any atom is 0.294 e. The molecule has 0 saturated heterocycles. The Labute approximate surface area is 193 Å². The van der Waals surface area contributed by atoms with Crippen LogP contribution in [0.25, 0.3) is 11.0 Å². The lowest BCUT2D eigenvalue weighted by molar-refractivity contribution is -0.117. The van der Waals surface area contributed by atoms with E-state index >= 15 is 0 Å². The van der Waals surface area contributed by atoms with Crippen LogP contribution in [0, 0.1) is 6.92 Å². The number of ketones is 1. The number of Topliss-reactive ketones (excluding diaryl/α,β-unsaturated/α-hetero) is 1. The molecule has 1 aliphatic rings. The third-order valence-electron chi connectivity index (χ3n) is 5.62. The van der Waals surface area contributed by atoms with Crippen LogP contribution in [0.15, 0.2) is 88.5 Å². The lowest BCUT2D eigenvalue weighted by atomic mass is 9.94. The van der Waals surface area contributed by atoms with E-state index in [0.717, 1.165) is 5.56 Å². The zero-order valence-corrected chi connectivity index (χ0v) is 18.2. The van der Waals surface area contributed by atoms with Crippen molar-refractivity contribution >= 4 is 39.9 Å².